The molecule has 0 aliphatic heterocycles. The van der Waals surface area contributed by atoms with Crippen molar-refractivity contribution in [3.8, 4) is 28.6 Å². The summed E-state index contributed by atoms with van der Waals surface area (Å²) in [5.41, 5.74) is 3.05. The van der Waals surface area contributed by atoms with Crippen LogP contribution in [0.25, 0.3) is 11.4 Å². The van der Waals surface area contributed by atoms with Crippen molar-refractivity contribution < 1.29 is 18.7 Å². The fourth-order valence-electron chi connectivity index (χ4n) is 2.43. The number of methoxy groups -OCH3 is 2. The minimum Gasteiger partial charge on any atom is -0.493 e. The maximum atomic E-state index is 5.79. The first-order valence-electron chi connectivity index (χ1n) is 7.86. The average Bonchev–Trinajstić information content (AvgIpc) is 3.11. The Morgan fingerprint density at radius 2 is 1.76 bits per heavy atom. The van der Waals surface area contributed by atoms with Crippen LogP contribution in [0.2, 0.25) is 0 Å². The van der Waals surface area contributed by atoms with Crippen LogP contribution in [0.5, 0.6) is 17.2 Å². The fourth-order valence-corrected chi connectivity index (χ4v) is 2.43. The second-order valence-electron chi connectivity index (χ2n) is 5.57. The number of ether oxygens (including phenoxy) is 3. The number of aryl methyl sites for hydroxylation is 1. The highest BCUT2D eigenvalue weighted by Gasteiger charge is 2.13. The van der Waals surface area contributed by atoms with E-state index in [4.69, 9.17) is 18.7 Å². The Hall–Kier alpha value is -3.02. The summed E-state index contributed by atoms with van der Waals surface area (Å²) in [6.45, 7) is 4.28. The first-order chi connectivity index (χ1) is 12.1. The van der Waals surface area contributed by atoms with Gasteiger partial charge in [0, 0.05) is 5.56 Å². The van der Waals surface area contributed by atoms with E-state index in [1.807, 2.05) is 38.1 Å². The minimum atomic E-state index is 0.213. The van der Waals surface area contributed by atoms with Gasteiger partial charge in [0.15, 0.2) is 18.1 Å². The molecule has 0 unspecified atom stereocenters. The third-order valence-electron chi connectivity index (χ3n) is 4.02. The molecule has 0 bridgehead atoms. The average molecular weight is 340 g/mol. The van der Waals surface area contributed by atoms with Gasteiger partial charge < -0.3 is 18.7 Å². The van der Waals surface area contributed by atoms with E-state index < -0.39 is 0 Å². The number of hydrogen-bond donors (Lipinski definition) is 0. The highest BCUT2D eigenvalue weighted by molar-refractivity contribution is 5.60. The minimum absolute atomic E-state index is 0.213. The summed E-state index contributed by atoms with van der Waals surface area (Å²) in [6, 6.07) is 11.4. The lowest BCUT2D eigenvalue weighted by atomic mass is 10.1. The van der Waals surface area contributed by atoms with Crippen LogP contribution in [-0.2, 0) is 6.61 Å². The molecule has 0 radical (unpaired) electrons. The first-order valence-corrected chi connectivity index (χ1v) is 7.86. The molecule has 1 heterocycles. The SMILES string of the molecule is COc1ccc(-c2noc(COc3cccc(C)c3C)n2)cc1OC. The van der Waals surface area contributed by atoms with Crippen molar-refractivity contribution in [2.24, 2.45) is 0 Å². The number of hydrogen-bond acceptors (Lipinski definition) is 6. The lowest BCUT2D eigenvalue weighted by Crippen LogP contribution is -1.98. The molecule has 6 heteroatoms. The molecule has 0 aliphatic rings. The molecule has 0 amide bonds. The molecular weight excluding hydrogens is 320 g/mol. The molecule has 0 fully saturated rings. The van der Waals surface area contributed by atoms with E-state index in [1.165, 1.54) is 5.56 Å². The third kappa shape index (κ3) is 3.57. The zero-order chi connectivity index (χ0) is 17.8. The Labute approximate surface area is 146 Å². The van der Waals surface area contributed by atoms with E-state index in [0.717, 1.165) is 16.9 Å². The number of benzene rings is 2. The van der Waals surface area contributed by atoms with E-state index >= 15 is 0 Å². The van der Waals surface area contributed by atoms with Gasteiger partial charge in [0.05, 0.1) is 14.2 Å². The molecule has 0 spiro atoms. The molecular formula is C19H20N2O4. The second kappa shape index (κ2) is 7.25. The molecule has 3 aromatic rings. The molecule has 6 nitrogen and oxygen atoms in total. The quantitative estimate of drug-likeness (QED) is 0.677. The summed E-state index contributed by atoms with van der Waals surface area (Å²) in [5, 5.41) is 4.01. The monoisotopic (exact) mass is 340 g/mol. The maximum absolute atomic E-state index is 5.79. The lowest BCUT2D eigenvalue weighted by molar-refractivity contribution is 0.241. The summed E-state index contributed by atoms with van der Waals surface area (Å²) in [5.74, 6) is 2.95. The zero-order valence-electron chi connectivity index (χ0n) is 14.7. The van der Waals surface area contributed by atoms with Gasteiger partial charge in [0.1, 0.15) is 5.75 Å². The highest BCUT2D eigenvalue weighted by atomic mass is 16.5. The van der Waals surface area contributed by atoms with Crippen LogP contribution >= 0.6 is 0 Å². The van der Waals surface area contributed by atoms with E-state index in [-0.39, 0.29) is 6.61 Å². The Morgan fingerprint density at radius 3 is 2.52 bits per heavy atom. The van der Waals surface area contributed by atoms with Crippen LogP contribution in [0.15, 0.2) is 40.9 Å². The van der Waals surface area contributed by atoms with Gasteiger partial charge in [-0.15, -0.1) is 0 Å². The number of rotatable bonds is 6. The van der Waals surface area contributed by atoms with Crippen LogP contribution in [0.1, 0.15) is 17.0 Å². The van der Waals surface area contributed by atoms with E-state index in [0.29, 0.717) is 23.2 Å². The van der Waals surface area contributed by atoms with Crippen LogP contribution < -0.4 is 14.2 Å². The number of aromatic nitrogens is 2. The smallest absolute Gasteiger partial charge is 0.264 e. The summed E-state index contributed by atoms with van der Waals surface area (Å²) in [6.07, 6.45) is 0. The summed E-state index contributed by atoms with van der Waals surface area (Å²) in [4.78, 5) is 4.38. The van der Waals surface area contributed by atoms with E-state index in [9.17, 15) is 0 Å². The van der Waals surface area contributed by atoms with Gasteiger partial charge in [-0.3, -0.25) is 0 Å². The van der Waals surface area contributed by atoms with Crippen molar-refractivity contribution in [3.05, 3.63) is 53.4 Å². The normalized spacial score (nSPS) is 10.6. The van der Waals surface area contributed by atoms with E-state index in [2.05, 4.69) is 10.1 Å². The Kier molecular flexibility index (Phi) is 4.88. The second-order valence-corrected chi connectivity index (χ2v) is 5.57. The Balaban J connectivity index is 1.75. The van der Waals surface area contributed by atoms with E-state index in [1.54, 1.807) is 26.4 Å². The number of nitrogens with zero attached hydrogens (tertiary/aromatic N) is 2. The standard InChI is InChI=1S/C19H20N2O4/c1-12-6-5-7-15(13(12)2)24-11-18-20-19(21-25-18)14-8-9-16(22-3)17(10-14)23-4/h5-10H,11H2,1-4H3. The molecule has 2 aromatic carbocycles. The third-order valence-corrected chi connectivity index (χ3v) is 4.02. The van der Waals surface area contributed by atoms with Crippen molar-refractivity contribution in [1.82, 2.24) is 10.1 Å². The zero-order valence-corrected chi connectivity index (χ0v) is 14.7. The molecule has 1 aromatic heterocycles. The van der Waals surface area contributed by atoms with Crippen molar-refractivity contribution in [3.63, 3.8) is 0 Å². The highest BCUT2D eigenvalue weighted by Crippen LogP contribution is 2.31. The molecule has 0 N–H and O–H groups in total. The lowest BCUT2D eigenvalue weighted by Gasteiger charge is -2.08. The molecule has 25 heavy (non-hydrogen) atoms. The predicted octanol–water partition coefficient (Wildman–Crippen LogP) is 3.95. The first kappa shape index (κ1) is 16.8. The van der Waals surface area contributed by atoms with Gasteiger partial charge in [-0.05, 0) is 49.2 Å². The van der Waals surface area contributed by atoms with Crippen LogP contribution in [0.3, 0.4) is 0 Å². The van der Waals surface area contributed by atoms with Gasteiger partial charge in [-0.1, -0.05) is 17.3 Å². The predicted molar refractivity (Wildman–Crippen MR) is 93.1 cm³/mol. The summed E-state index contributed by atoms with van der Waals surface area (Å²) < 4.78 is 21.6. The molecule has 0 saturated carbocycles. The largest absolute Gasteiger partial charge is 0.493 e. The van der Waals surface area contributed by atoms with Gasteiger partial charge in [-0.25, -0.2) is 0 Å². The van der Waals surface area contributed by atoms with Gasteiger partial charge in [0.25, 0.3) is 5.89 Å². The Morgan fingerprint density at radius 1 is 0.960 bits per heavy atom. The topological polar surface area (TPSA) is 66.6 Å². The Bertz CT molecular complexity index is 874. The molecule has 3 rings (SSSR count). The van der Waals surface area contributed by atoms with Crippen molar-refractivity contribution in [2.75, 3.05) is 14.2 Å². The van der Waals surface area contributed by atoms with Crippen molar-refractivity contribution >= 4 is 0 Å². The van der Waals surface area contributed by atoms with Crippen molar-refractivity contribution in [1.29, 1.82) is 0 Å². The molecule has 0 atom stereocenters. The molecule has 0 aliphatic carbocycles. The van der Waals surface area contributed by atoms with Gasteiger partial charge in [0.2, 0.25) is 5.82 Å². The van der Waals surface area contributed by atoms with Crippen LogP contribution in [0.4, 0.5) is 0 Å². The van der Waals surface area contributed by atoms with Crippen LogP contribution in [0, 0.1) is 13.8 Å². The molecule has 130 valence electrons. The van der Waals surface area contributed by atoms with Gasteiger partial charge in [-0.2, -0.15) is 4.98 Å². The fraction of sp³-hybridized carbons (Fsp3) is 0.263. The summed E-state index contributed by atoms with van der Waals surface area (Å²) in [7, 11) is 3.18. The molecule has 0 saturated heterocycles. The summed E-state index contributed by atoms with van der Waals surface area (Å²) >= 11 is 0. The maximum Gasteiger partial charge on any atom is 0.264 e. The van der Waals surface area contributed by atoms with Crippen LogP contribution in [-0.4, -0.2) is 24.4 Å². The van der Waals surface area contributed by atoms with Crippen molar-refractivity contribution in [2.45, 2.75) is 20.5 Å². The van der Waals surface area contributed by atoms with Gasteiger partial charge >= 0.3 is 0 Å².